The molecule has 2 aromatic rings. The lowest BCUT2D eigenvalue weighted by Crippen LogP contribution is -2.17. The van der Waals surface area contributed by atoms with E-state index in [1.165, 1.54) is 0 Å². The molecule has 0 saturated carbocycles. The van der Waals surface area contributed by atoms with Crippen LogP contribution in [0.25, 0.3) is 0 Å². The summed E-state index contributed by atoms with van der Waals surface area (Å²) < 4.78 is 16.0. The van der Waals surface area contributed by atoms with E-state index in [-0.39, 0.29) is 30.9 Å². The molecule has 9 nitrogen and oxygen atoms in total. The van der Waals surface area contributed by atoms with E-state index >= 15 is 0 Å². The number of esters is 1. The van der Waals surface area contributed by atoms with Crippen molar-refractivity contribution in [1.82, 2.24) is 15.0 Å². The zero-order valence-electron chi connectivity index (χ0n) is 13.3. The third-order valence-electron chi connectivity index (χ3n) is 2.73. The molecule has 0 saturated heterocycles. The van der Waals surface area contributed by atoms with Crippen molar-refractivity contribution in [3.8, 4) is 11.5 Å². The lowest BCUT2D eigenvalue weighted by atomic mass is 10.3. The minimum absolute atomic E-state index is 0.0354. The first kappa shape index (κ1) is 17.3. The van der Waals surface area contributed by atoms with E-state index in [9.17, 15) is 4.79 Å². The molecule has 0 bridgehead atoms. The predicted molar refractivity (Wildman–Crippen MR) is 86.2 cm³/mol. The maximum absolute atomic E-state index is 11.8. The van der Waals surface area contributed by atoms with Gasteiger partial charge in [0.05, 0.1) is 6.61 Å². The molecule has 1 aromatic carbocycles. The van der Waals surface area contributed by atoms with Gasteiger partial charge in [-0.25, -0.2) is 4.79 Å². The second-order valence-electron chi connectivity index (χ2n) is 4.71. The second kappa shape index (κ2) is 8.51. The molecule has 0 spiro atoms. The monoisotopic (exact) mass is 333 g/mol. The normalized spacial score (nSPS) is 10.2. The number of carbonyl (C=O) groups is 1. The fourth-order valence-corrected chi connectivity index (χ4v) is 1.75. The number of carbonyl (C=O) groups excluding carboxylic acids is 1. The summed E-state index contributed by atoms with van der Waals surface area (Å²) in [5.41, 5.74) is 10.9. The largest absolute Gasteiger partial charge is 0.490 e. The zero-order chi connectivity index (χ0) is 17.4. The van der Waals surface area contributed by atoms with Crippen LogP contribution in [0, 0.1) is 0 Å². The van der Waals surface area contributed by atoms with Crippen LogP contribution in [0.3, 0.4) is 0 Å². The van der Waals surface area contributed by atoms with Crippen molar-refractivity contribution in [3.05, 3.63) is 30.1 Å². The smallest absolute Gasteiger partial charge is 0.344 e. The molecule has 0 aliphatic rings. The van der Waals surface area contributed by atoms with E-state index < -0.39 is 5.97 Å². The van der Waals surface area contributed by atoms with Crippen molar-refractivity contribution in [2.24, 2.45) is 0 Å². The van der Waals surface area contributed by atoms with Crippen LogP contribution in [-0.2, 0) is 16.1 Å². The van der Waals surface area contributed by atoms with Crippen LogP contribution >= 0.6 is 0 Å². The molecule has 0 fully saturated rings. The average molecular weight is 333 g/mol. The number of anilines is 2. The summed E-state index contributed by atoms with van der Waals surface area (Å²) in [5, 5.41) is 0. The number of nitrogen functional groups attached to an aromatic ring is 2. The zero-order valence-corrected chi connectivity index (χ0v) is 13.3. The summed E-state index contributed by atoms with van der Waals surface area (Å²) in [5.74, 6) is 0.554. The van der Waals surface area contributed by atoms with Crippen molar-refractivity contribution < 1.29 is 19.0 Å². The minimum Gasteiger partial charge on any atom is -0.490 e. The van der Waals surface area contributed by atoms with Crippen LogP contribution in [0.2, 0.25) is 0 Å². The quantitative estimate of drug-likeness (QED) is 0.676. The SMILES string of the molecule is CCCOc1ccccc1OCC(=O)OCc1nc(N)nc(N)n1. The Kier molecular flexibility index (Phi) is 6.12. The Hall–Kier alpha value is -3.10. The summed E-state index contributed by atoms with van der Waals surface area (Å²) in [6.45, 7) is 2.12. The molecular weight excluding hydrogens is 314 g/mol. The molecule has 0 aliphatic heterocycles. The lowest BCUT2D eigenvalue weighted by Gasteiger charge is -2.11. The number of hydrogen-bond acceptors (Lipinski definition) is 9. The summed E-state index contributed by atoms with van der Waals surface area (Å²) in [6, 6.07) is 7.10. The van der Waals surface area contributed by atoms with Gasteiger partial charge >= 0.3 is 5.97 Å². The molecule has 9 heteroatoms. The first-order valence-corrected chi connectivity index (χ1v) is 7.34. The van der Waals surface area contributed by atoms with Crippen molar-refractivity contribution in [3.63, 3.8) is 0 Å². The van der Waals surface area contributed by atoms with Gasteiger partial charge in [0, 0.05) is 0 Å². The molecule has 0 amide bonds. The number of aromatic nitrogens is 3. The van der Waals surface area contributed by atoms with Crippen molar-refractivity contribution in [2.75, 3.05) is 24.7 Å². The summed E-state index contributed by atoms with van der Waals surface area (Å²) in [4.78, 5) is 23.0. The molecule has 24 heavy (non-hydrogen) atoms. The molecule has 0 unspecified atom stereocenters. The highest BCUT2D eigenvalue weighted by molar-refractivity contribution is 5.71. The number of ether oxygens (including phenoxy) is 3. The van der Waals surface area contributed by atoms with E-state index in [2.05, 4.69) is 15.0 Å². The average Bonchev–Trinajstić information content (AvgIpc) is 2.56. The van der Waals surface area contributed by atoms with E-state index in [0.717, 1.165) is 6.42 Å². The molecule has 0 atom stereocenters. The predicted octanol–water partition coefficient (Wildman–Crippen LogP) is 0.947. The van der Waals surface area contributed by atoms with Crippen LogP contribution in [-0.4, -0.2) is 34.1 Å². The van der Waals surface area contributed by atoms with Crippen LogP contribution < -0.4 is 20.9 Å². The highest BCUT2D eigenvalue weighted by atomic mass is 16.6. The van der Waals surface area contributed by atoms with Gasteiger partial charge in [0.2, 0.25) is 11.9 Å². The number of nitrogens with two attached hydrogens (primary N) is 2. The van der Waals surface area contributed by atoms with Gasteiger partial charge in [-0.1, -0.05) is 19.1 Å². The van der Waals surface area contributed by atoms with Gasteiger partial charge in [-0.3, -0.25) is 0 Å². The Morgan fingerprint density at radius 1 is 1.04 bits per heavy atom. The Morgan fingerprint density at radius 2 is 1.67 bits per heavy atom. The van der Waals surface area contributed by atoms with E-state index in [0.29, 0.717) is 18.1 Å². The maximum atomic E-state index is 11.8. The van der Waals surface area contributed by atoms with Gasteiger partial charge in [0.15, 0.2) is 30.5 Å². The highest BCUT2D eigenvalue weighted by Crippen LogP contribution is 2.26. The minimum atomic E-state index is -0.585. The van der Waals surface area contributed by atoms with Gasteiger partial charge < -0.3 is 25.7 Å². The Bertz CT molecular complexity index is 675. The number of nitrogens with zero attached hydrogens (tertiary/aromatic N) is 3. The Labute approximate surface area is 139 Å². The molecule has 1 aromatic heterocycles. The molecule has 128 valence electrons. The number of benzene rings is 1. The van der Waals surface area contributed by atoms with Gasteiger partial charge in [-0.15, -0.1) is 0 Å². The Morgan fingerprint density at radius 3 is 2.29 bits per heavy atom. The number of rotatable bonds is 8. The fraction of sp³-hybridized carbons (Fsp3) is 0.333. The number of para-hydroxylation sites is 2. The lowest BCUT2D eigenvalue weighted by molar-refractivity contribution is -0.147. The first-order valence-electron chi connectivity index (χ1n) is 7.34. The van der Waals surface area contributed by atoms with Crippen LogP contribution in [0.15, 0.2) is 24.3 Å². The fourth-order valence-electron chi connectivity index (χ4n) is 1.75. The molecule has 1 heterocycles. The van der Waals surface area contributed by atoms with Gasteiger partial charge in [0.1, 0.15) is 0 Å². The van der Waals surface area contributed by atoms with Crippen molar-refractivity contribution >= 4 is 17.9 Å². The van der Waals surface area contributed by atoms with Crippen LogP contribution in [0.1, 0.15) is 19.2 Å². The summed E-state index contributed by atoms with van der Waals surface area (Å²) in [7, 11) is 0. The summed E-state index contributed by atoms with van der Waals surface area (Å²) in [6.07, 6.45) is 0.870. The van der Waals surface area contributed by atoms with Crippen LogP contribution in [0.4, 0.5) is 11.9 Å². The molecular formula is C15H19N5O4. The molecule has 4 N–H and O–H groups in total. The molecule has 0 aliphatic carbocycles. The standard InChI is InChI=1S/C15H19N5O4/c1-2-7-22-10-5-3-4-6-11(10)23-9-13(21)24-8-12-18-14(16)20-15(17)19-12/h3-6H,2,7-9H2,1H3,(H4,16,17,18,19,20). The van der Waals surface area contributed by atoms with E-state index in [4.69, 9.17) is 25.7 Å². The number of hydrogen-bond donors (Lipinski definition) is 2. The topological polar surface area (TPSA) is 135 Å². The molecule has 0 radical (unpaired) electrons. The van der Waals surface area contributed by atoms with Crippen molar-refractivity contribution in [2.45, 2.75) is 20.0 Å². The first-order chi connectivity index (χ1) is 11.6. The summed E-state index contributed by atoms with van der Waals surface area (Å²) >= 11 is 0. The maximum Gasteiger partial charge on any atom is 0.344 e. The van der Waals surface area contributed by atoms with Crippen LogP contribution in [0.5, 0.6) is 11.5 Å². The van der Waals surface area contributed by atoms with Gasteiger partial charge in [0.25, 0.3) is 0 Å². The van der Waals surface area contributed by atoms with Gasteiger partial charge in [-0.05, 0) is 18.6 Å². The van der Waals surface area contributed by atoms with E-state index in [1.54, 1.807) is 18.2 Å². The molecule has 2 rings (SSSR count). The second-order valence-corrected chi connectivity index (χ2v) is 4.71. The highest BCUT2D eigenvalue weighted by Gasteiger charge is 2.10. The van der Waals surface area contributed by atoms with Gasteiger partial charge in [-0.2, -0.15) is 15.0 Å². The third kappa shape index (κ3) is 5.27. The third-order valence-corrected chi connectivity index (χ3v) is 2.73. The van der Waals surface area contributed by atoms with E-state index in [1.807, 2.05) is 13.0 Å². The Balaban J connectivity index is 1.85. The van der Waals surface area contributed by atoms with Crippen molar-refractivity contribution in [1.29, 1.82) is 0 Å².